The number of anilines is 1. The lowest BCUT2D eigenvalue weighted by molar-refractivity contribution is -0.115. The van der Waals surface area contributed by atoms with Crippen LogP contribution in [-0.4, -0.2) is 57.3 Å². The molecule has 13 heteroatoms. The first-order chi connectivity index (χ1) is 13.3. The van der Waals surface area contributed by atoms with Gasteiger partial charge in [-0.05, 0) is 12.0 Å². The topological polar surface area (TPSA) is 184 Å². The van der Waals surface area contributed by atoms with Gasteiger partial charge >= 0.3 is 13.1 Å². The molecule has 0 aliphatic carbocycles. The second kappa shape index (κ2) is 7.66. The Morgan fingerprint density at radius 2 is 2.21 bits per heavy atom. The fraction of sp³-hybridized carbons (Fsp3) is 0.133. The molecule has 2 aromatic rings. The van der Waals surface area contributed by atoms with Crippen LogP contribution < -0.4 is 15.7 Å². The molecule has 0 fully saturated rings. The fourth-order valence-electron chi connectivity index (χ4n) is 2.76. The molecule has 144 valence electrons. The maximum Gasteiger partial charge on any atom is 0.547 e. The smallest absolute Gasteiger partial charge is 0.534 e. The van der Waals surface area contributed by atoms with Crippen molar-refractivity contribution in [1.29, 1.82) is 0 Å². The second-order valence-corrected chi connectivity index (χ2v) is 6.64. The number of carbonyl (C=O) groups excluding carboxylic acids is 2. The molecule has 1 aromatic carbocycles. The number of oxime groups is 1. The van der Waals surface area contributed by atoms with Crippen molar-refractivity contribution in [3.05, 3.63) is 39.9 Å². The zero-order chi connectivity index (χ0) is 20.4. The molecular formula is C15H13BN4O7S. The quantitative estimate of drug-likeness (QED) is 0.145. The van der Waals surface area contributed by atoms with Crippen molar-refractivity contribution in [3.63, 3.8) is 0 Å². The highest BCUT2D eigenvalue weighted by atomic mass is 32.1. The average Bonchev–Trinajstić information content (AvgIpc) is 3.07. The summed E-state index contributed by atoms with van der Waals surface area (Å²) >= 11 is 1.05. The van der Waals surface area contributed by atoms with E-state index in [1.54, 1.807) is 0 Å². The van der Waals surface area contributed by atoms with Gasteiger partial charge in [0.15, 0.2) is 17.1 Å². The van der Waals surface area contributed by atoms with Crippen LogP contribution in [0, 0.1) is 0 Å². The van der Waals surface area contributed by atoms with Crippen LogP contribution in [0.25, 0.3) is 0 Å². The number of benzene rings is 1. The van der Waals surface area contributed by atoms with Gasteiger partial charge in [0, 0.05) is 10.9 Å². The van der Waals surface area contributed by atoms with Crippen molar-refractivity contribution in [1.82, 2.24) is 10.3 Å². The molecule has 1 aliphatic heterocycles. The third-order valence-electron chi connectivity index (χ3n) is 4.03. The lowest BCUT2D eigenvalue weighted by Crippen LogP contribution is -2.54. The predicted octanol–water partition coefficient (Wildman–Crippen LogP) is -0.446. The molecule has 1 atom stereocenters. The van der Waals surface area contributed by atoms with Gasteiger partial charge in [-0.2, -0.15) is 0 Å². The number of nitrogen functional groups attached to an aromatic ring is 1. The van der Waals surface area contributed by atoms with Crippen molar-refractivity contribution in [2.75, 3.05) is 5.73 Å². The van der Waals surface area contributed by atoms with Gasteiger partial charge < -0.3 is 31.0 Å². The zero-order valence-electron chi connectivity index (χ0n) is 14.0. The van der Waals surface area contributed by atoms with E-state index in [1.807, 2.05) is 0 Å². The first-order valence-electron chi connectivity index (χ1n) is 7.79. The summed E-state index contributed by atoms with van der Waals surface area (Å²) in [6, 6.07) is 2.78. The largest absolute Gasteiger partial charge is 0.547 e. The first kappa shape index (κ1) is 19.3. The number of aromatic nitrogens is 1. The first-order valence-corrected chi connectivity index (χ1v) is 8.67. The minimum atomic E-state index is -1.60. The van der Waals surface area contributed by atoms with E-state index in [1.165, 1.54) is 17.5 Å². The van der Waals surface area contributed by atoms with E-state index in [0.717, 1.165) is 11.3 Å². The Labute approximate surface area is 161 Å². The maximum atomic E-state index is 12.4. The van der Waals surface area contributed by atoms with E-state index < -0.39 is 30.6 Å². The fourth-order valence-corrected chi connectivity index (χ4v) is 3.31. The highest BCUT2D eigenvalue weighted by Crippen LogP contribution is 2.32. The van der Waals surface area contributed by atoms with Gasteiger partial charge in [0.25, 0.3) is 5.91 Å². The molecule has 0 saturated heterocycles. The Morgan fingerprint density at radius 3 is 2.79 bits per heavy atom. The van der Waals surface area contributed by atoms with E-state index in [9.17, 15) is 24.5 Å². The van der Waals surface area contributed by atoms with Crippen molar-refractivity contribution in [2.24, 2.45) is 5.16 Å². The number of carboxylic acid groups (broad SMARTS) is 1. The number of amides is 1. The van der Waals surface area contributed by atoms with Gasteiger partial charge in [-0.15, -0.1) is 11.3 Å². The third-order valence-corrected chi connectivity index (χ3v) is 4.70. The van der Waals surface area contributed by atoms with Gasteiger partial charge in [0.2, 0.25) is 0 Å². The molecule has 0 unspecified atom stereocenters. The number of hydrogen-bond acceptors (Lipinski definition) is 10. The molecule has 1 aliphatic rings. The number of carbonyl (C=O) groups is 3. The summed E-state index contributed by atoms with van der Waals surface area (Å²) in [7, 11) is -1.60. The molecule has 3 rings (SSSR count). The van der Waals surface area contributed by atoms with Crippen LogP contribution in [0.4, 0.5) is 5.13 Å². The maximum absolute atomic E-state index is 12.4. The van der Waals surface area contributed by atoms with Crippen LogP contribution in [0.3, 0.4) is 0 Å². The van der Waals surface area contributed by atoms with Gasteiger partial charge in [-0.25, -0.2) is 9.78 Å². The molecule has 0 saturated carbocycles. The summed E-state index contributed by atoms with van der Waals surface area (Å²) in [6.45, 7) is 0. The summed E-state index contributed by atoms with van der Waals surface area (Å²) in [6.07, 6.45) is 0.385. The molecule has 1 amide bonds. The Morgan fingerprint density at radius 1 is 1.46 bits per heavy atom. The molecular weight excluding hydrogens is 391 g/mol. The van der Waals surface area contributed by atoms with E-state index in [-0.39, 0.29) is 34.1 Å². The number of nitrogens with one attached hydrogen (secondary N) is 1. The van der Waals surface area contributed by atoms with Crippen LogP contribution in [0.15, 0.2) is 22.7 Å². The summed E-state index contributed by atoms with van der Waals surface area (Å²) < 4.78 is 5.27. The molecule has 6 N–H and O–H groups in total. The van der Waals surface area contributed by atoms with E-state index in [0.29, 0.717) is 11.8 Å². The normalized spacial score (nSPS) is 16.1. The molecule has 0 spiro atoms. The zero-order valence-corrected chi connectivity index (χ0v) is 14.8. The Balaban J connectivity index is 1.85. The minimum absolute atomic E-state index is 0.0135. The monoisotopic (exact) mass is 404 g/mol. The van der Waals surface area contributed by atoms with E-state index >= 15 is 0 Å². The number of aldehydes is 1. The summed E-state index contributed by atoms with van der Waals surface area (Å²) in [5.74, 6) is -3.34. The van der Waals surface area contributed by atoms with Gasteiger partial charge in [0.1, 0.15) is 17.0 Å². The number of aromatic carboxylic acids is 1. The molecule has 1 aromatic heterocycles. The summed E-state index contributed by atoms with van der Waals surface area (Å²) in [5, 5.41) is 35.6. The number of hydrogen-bond donors (Lipinski definition) is 5. The lowest BCUT2D eigenvalue weighted by atomic mass is 9.72. The molecule has 0 radical (unpaired) electrons. The van der Waals surface area contributed by atoms with Gasteiger partial charge in [-0.3, -0.25) is 9.59 Å². The Bertz CT molecular complexity index is 993. The van der Waals surface area contributed by atoms with Crippen LogP contribution in [0.5, 0.6) is 5.75 Å². The Kier molecular flexibility index (Phi) is 5.28. The van der Waals surface area contributed by atoms with Gasteiger partial charge in [-0.1, -0.05) is 17.3 Å². The van der Waals surface area contributed by atoms with Crippen molar-refractivity contribution < 1.29 is 34.4 Å². The molecule has 0 bridgehead atoms. The number of nitrogens with zero attached hydrogens (tertiary/aromatic N) is 2. The number of rotatable bonds is 5. The SMILES string of the molecule is Nc1nc(/C(=N/O)C(=O)N[C@H]2Cc3ccc(C=O)c(C(=O)O)c3OB2O)cs1. The standard InChI is InChI=1S/C15H13BN4O7S/c17-15-18-8(5-28-15)11(20-26)13(22)19-9-3-6-1-2-7(4-21)10(14(23)24)12(6)27-16(9)25/h1-2,4-5,9,25-26H,3H2,(H2,17,18)(H,19,22)(H,23,24)/b20-11-/t9-/m0/s1. The number of fused-ring (bicyclic) bond motifs is 1. The van der Waals surface area contributed by atoms with Crippen LogP contribution >= 0.6 is 11.3 Å². The highest BCUT2D eigenvalue weighted by Gasteiger charge is 2.39. The summed E-state index contributed by atoms with van der Waals surface area (Å²) in [5.41, 5.74) is 5.05. The lowest BCUT2D eigenvalue weighted by Gasteiger charge is -2.29. The van der Waals surface area contributed by atoms with Gasteiger partial charge in [0.05, 0.1) is 5.94 Å². The number of carboxylic acids is 1. The van der Waals surface area contributed by atoms with E-state index in [4.69, 9.17) is 15.6 Å². The highest BCUT2D eigenvalue weighted by molar-refractivity contribution is 7.13. The van der Waals surface area contributed by atoms with E-state index in [2.05, 4.69) is 15.5 Å². The van der Waals surface area contributed by atoms with Crippen LogP contribution in [0.1, 0.15) is 32.0 Å². The van der Waals surface area contributed by atoms with Crippen LogP contribution in [0.2, 0.25) is 0 Å². The molecule has 2 heterocycles. The predicted molar refractivity (Wildman–Crippen MR) is 97.9 cm³/mol. The molecule has 11 nitrogen and oxygen atoms in total. The minimum Gasteiger partial charge on any atom is -0.534 e. The summed E-state index contributed by atoms with van der Waals surface area (Å²) in [4.78, 5) is 38.8. The average molecular weight is 404 g/mol. The second-order valence-electron chi connectivity index (χ2n) is 5.75. The number of nitrogens with two attached hydrogens (primary N) is 1. The van der Waals surface area contributed by atoms with Crippen molar-refractivity contribution in [2.45, 2.75) is 12.4 Å². The third kappa shape index (κ3) is 3.52. The Hall–Kier alpha value is -3.45. The number of thiazole rings is 1. The van der Waals surface area contributed by atoms with Crippen LogP contribution in [-0.2, 0) is 11.2 Å². The van der Waals surface area contributed by atoms with Crippen molar-refractivity contribution >= 4 is 47.5 Å². The molecule has 28 heavy (non-hydrogen) atoms. The van der Waals surface area contributed by atoms with Crippen molar-refractivity contribution in [3.8, 4) is 5.75 Å².